The van der Waals surface area contributed by atoms with E-state index >= 15 is 0 Å². The lowest BCUT2D eigenvalue weighted by Gasteiger charge is -2.57. The third-order valence-electron chi connectivity index (χ3n) is 7.85. The fourth-order valence-corrected chi connectivity index (χ4v) is 5.68. The van der Waals surface area contributed by atoms with Gasteiger partial charge in [0.05, 0.1) is 0 Å². The van der Waals surface area contributed by atoms with E-state index < -0.39 is 17.4 Å². The molecule has 2 N–H and O–H groups in total. The first kappa shape index (κ1) is 25.0. The van der Waals surface area contributed by atoms with E-state index in [0.717, 1.165) is 56.2 Å². The summed E-state index contributed by atoms with van der Waals surface area (Å²) in [5.41, 5.74) is 0.479. The molecule has 2 aliphatic carbocycles. The van der Waals surface area contributed by atoms with Gasteiger partial charge in [0.2, 0.25) is 0 Å². The van der Waals surface area contributed by atoms with Crippen molar-refractivity contribution < 1.29 is 29.3 Å². The molecule has 1 unspecified atom stereocenters. The second-order valence-electron chi connectivity index (χ2n) is 10.4. The number of carbonyl (C=O) groups excluding carboxylic acids is 2. The Balaban J connectivity index is 2.01. The quantitative estimate of drug-likeness (QED) is 0.210. The first-order valence-electron chi connectivity index (χ1n) is 12.0. The summed E-state index contributed by atoms with van der Waals surface area (Å²) in [5.74, 6) is -1.61. The maximum Gasteiger partial charge on any atom is 0.336 e. The van der Waals surface area contributed by atoms with Crippen molar-refractivity contribution in [1.29, 1.82) is 0 Å². The van der Waals surface area contributed by atoms with Gasteiger partial charge in [-0.2, -0.15) is 0 Å². The van der Waals surface area contributed by atoms with Crippen LogP contribution in [0.1, 0.15) is 90.2 Å². The Labute approximate surface area is 196 Å². The first-order chi connectivity index (χ1) is 15.5. The van der Waals surface area contributed by atoms with Crippen LogP contribution in [0.3, 0.4) is 0 Å². The number of ketones is 1. The highest BCUT2D eigenvalue weighted by Crippen LogP contribution is 2.62. The summed E-state index contributed by atoms with van der Waals surface area (Å²) >= 11 is 0. The minimum Gasteiger partial charge on any atom is -0.507 e. The number of hydrogen-bond acceptors (Lipinski definition) is 5. The summed E-state index contributed by atoms with van der Waals surface area (Å²) in [6.07, 6.45) is 9.10. The van der Waals surface area contributed by atoms with Crippen molar-refractivity contribution >= 4 is 17.7 Å². The predicted octanol–water partition coefficient (Wildman–Crippen LogP) is 5.44. The van der Waals surface area contributed by atoms with Crippen molar-refractivity contribution in [3.63, 3.8) is 0 Å². The van der Waals surface area contributed by atoms with E-state index in [2.05, 4.69) is 20.8 Å². The molecule has 0 spiro atoms. The average molecular weight is 457 g/mol. The van der Waals surface area contributed by atoms with E-state index in [4.69, 9.17) is 9.84 Å². The molecule has 0 radical (unpaired) electrons. The molecule has 6 heteroatoms. The number of hydrogen-bond donors (Lipinski definition) is 2. The number of aromatic hydroxyl groups is 1. The van der Waals surface area contributed by atoms with Crippen LogP contribution in [-0.2, 0) is 25.2 Å². The third kappa shape index (κ3) is 4.99. The third-order valence-corrected chi connectivity index (χ3v) is 7.85. The number of benzene rings is 1. The Morgan fingerprint density at radius 1 is 1.21 bits per heavy atom. The number of ether oxygens (including phenoxy) is 1. The van der Waals surface area contributed by atoms with Crippen LogP contribution in [0.25, 0.3) is 0 Å². The molecule has 6 nitrogen and oxygen atoms in total. The number of rotatable bonds is 10. The van der Waals surface area contributed by atoms with E-state index in [1.54, 1.807) is 12.1 Å². The molecule has 2 fully saturated rings. The van der Waals surface area contributed by atoms with E-state index in [9.17, 15) is 19.5 Å². The van der Waals surface area contributed by atoms with Gasteiger partial charge in [-0.05, 0) is 48.3 Å². The van der Waals surface area contributed by atoms with Gasteiger partial charge in [0.1, 0.15) is 17.3 Å². The van der Waals surface area contributed by atoms with Gasteiger partial charge >= 0.3 is 11.9 Å². The molecule has 1 aromatic carbocycles. The lowest BCUT2D eigenvalue weighted by molar-refractivity contribution is -0.141. The van der Waals surface area contributed by atoms with Gasteiger partial charge in [-0.3, -0.25) is 4.79 Å². The van der Waals surface area contributed by atoms with Gasteiger partial charge in [0.15, 0.2) is 0 Å². The molecule has 2 saturated carbocycles. The van der Waals surface area contributed by atoms with Crippen LogP contribution in [0.4, 0.5) is 0 Å². The number of unbranched alkanes of at least 4 members (excludes halogenated alkanes) is 3. The normalized spacial score (nSPS) is 24.5. The number of phenols is 1. The predicted molar refractivity (Wildman–Crippen MR) is 125 cm³/mol. The zero-order chi connectivity index (χ0) is 24.4. The van der Waals surface area contributed by atoms with Crippen molar-refractivity contribution in [3.8, 4) is 11.5 Å². The first-order valence-corrected chi connectivity index (χ1v) is 12.0. The molecule has 0 amide bonds. The summed E-state index contributed by atoms with van der Waals surface area (Å²) in [4.78, 5) is 35.8. The summed E-state index contributed by atoms with van der Waals surface area (Å²) in [6.45, 7) is 8.35. The van der Waals surface area contributed by atoms with Crippen LogP contribution in [0.2, 0.25) is 0 Å². The van der Waals surface area contributed by atoms with Crippen molar-refractivity contribution in [1.82, 2.24) is 0 Å². The molecule has 2 aliphatic rings. The van der Waals surface area contributed by atoms with Crippen LogP contribution in [0.5, 0.6) is 11.5 Å². The van der Waals surface area contributed by atoms with Crippen LogP contribution >= 0.6 is 0 Å². The fraction of sp³-hybridized carbons (Fsp3) is 0.593. The lowest BCUT2D eigenvalue weighted by Crippen LogP contribution is -2.57. The monoisotopic (exact) mass is 456 g/mol. The van der Waals surface area contributed by atoms with Crippen molar-refractivity contribution in [3.05, 3.63) is 35.4 Å². The van der Waals surface area contributed by atoms with Gasteiger partial charge in [0, 0.05) is 35.5 Å². The fourth-order valence-electron chi connectivity index (χ4n) is 5.68. The minimum absolute atomic E-state index is 0.0334. The van der Waals surface area contributed by atoms with Crippen LogP contribution in [0.15, 0.2) is 24.3 Å². The second-order valence-corrected chi connectivity index (χ2v) is 10.4. The molecule has 0 saturated heterocycles. The Hall–Kier alpha value is -2.63. The molecule has 2 bridgehead atoms. The average Bonchev–Trinajstić information content (AvgIpc) is 2.74. The second kappa shape index (κ2) is 9.70. The van der Waals surface area contributed by atoms with Crippen LogP contribution < -0.4 is 4.74 Å². The maximum absolute atomic E-state index is 12.6. The van der Waals surface area contributed by atoms with Crippen LogP contribution in [-0.4, -0.2) is 27.9 Å². The molecular formula is C27H36O6. The highest BCUT2D eigenvalue weighted by atomic mass is 16.5. The number of aliphatic carboxylic acids is 1. The van der Waals surface area contributed by atoms with Gasteiger partial charge in [-0.1, -0.05) is 53.4 Å². The molecule has 3 atom stereocenters. The van der Waals surface area contributed by atoms with Gasteiger partial charge in [-0.15, -0.1) is 0 Å². The number of phenolic OH excluding ortho intramolecular Hbond substituents is 1. The molecule has 1 aromatic rings. The maximum atomic E-state index is 12.6. The number of esters is 1. The van der Waals surface area contributed by atoms with E-state index in [1.807, 2.05) is 6.92 Å². The number of carboxylic acid groups (broad SMARTS) is 1. The smallest absolute Gasteiger partial charge is 0.336 e. The zero-order valence-corrected chi connectivity index (χ0v) is 20.1. The Bertz CT molecular complexity index is 958. The van der Waals surface area contributed by atoms with Crippen LogP contribution in [0, 0.1) is 11.8 Å². The highest BCUT2D eigenvalue weighted by molar-refractivity contribution is 5.92. The standard InChI is InChI=1S/C27H36O6/c1-5-6-7-8-13-26(2,3)18-15-21(29)25(22(16-18)33-24(32)12-11-23(30)31)27(4)17-9-10-20(28)19(27)14-17/h11-12,15-17,19,29H,5-10,13-14H2,1-4H3,(H,30,31)/b12-11+/t17-,19-,27?/m1/s1. The SMILES string of the molecule is CCCCCCC(C)(C)c1cc(O)c(C2(C)[C@@H]3CCC(=O)[C@H]2C3)c(OC(=O)/C=C/C(=O)O)c1. The Morgan fingerprint density at radius 3 is 2.55 bits per heavy atom. The molecule has 180 valence electrons. The van der Waals surface area contributed by atoms with E-state index in [-0.39, 0.29) is 34.5 Å². The van der Waals surface area contributed by atoms with Gasteiger partial charge < -0.3 is 14.9 Å². The summed E-state index contributed by atoms with van der Waals surface area (Å²) in [5, 5.41) is 20.0. The van der Waals surface area contributed by atoms with E-state index in [1.165, 1.54) is 6.42 Å². The Kier molecular flexibility index (Phi) is 7.35. The van der Waals surface area contributed by atoms with Gasteiger partial charge in [-0.25, -0.2) is 9.59 Å². The summed E-state index contributed by atoms with van der Waals surface area (Å²) in [7, 11) is 0. The molecule has 0 aromatic heterocycles. The Morgan fingerprint density at radius 2 is 1.94 bits per heavy atom. The number of carboxylic acids is 1. The van der Waals surface area contributed by atoms with E-state index in [0.29, 0.717) is 12.0 Å². The van der Waals surface area contributed by atoms with Crippen molar-refractivity contribution in [2.45, 2.75) is 89.9 Å². The van der Waals surface area contributed by atoms with Gasteiger partial charge in [0.25, 0.3) is 0 Å². The molecule has 3 rings (SSSR count). The van der Waals surface area contributed by atoms with Crippen molar-refractivity contribution in [2.24, 2.45) is 11.8 Å². The summed E-state index contributed by atoms with van der Waals surface area (Å²) < 4.78 is 5.62. The molecule has 0 aliphatic heterocycles. The number of fused-ring (bicyclic) bond motifs is 2. The minimum atomic E-state index is -1.25. The highest BCUT2D eigenvalue weighted by Gasteiger charge is 2.60. The van der Waals surface area contributed by atoms with Crippen molar-refractivity contribution in [2.75, 3.05) is 0 Å². The lowest BCUT2D eigenvalue weighted by atomic mass is 9.45. The number of Topliss-reactive ketones (excluding diaryl/α,β-unsaturated/α-hetero) is 1. The largest absolute Gasteiger partial charge is 0.507 e. The molecular weight excluding hydrogens is 420 g/mol. The molecule has 33 heavy (non-hydrogen) atoms. The number of carbonyl (C=O) groups is 3. The topological polar surface area (TPSA) is 101 Å². The molecule has 0 heterocycles. The zero-order valence-electron chi connectivity index (χ0n) is 20.1. The summed E-state index contributed by atoms with van der Waals surface area (Å²) in [6, 6.07) is 3.55.